The molecule has 2 unspecified atom stereocenters. The highest BCUT2D eigenvalue weighted by atomic mass is 16.2. The summed E-state index contributed by atoms with van der Waals surface area (Å²) in [7, 11) is 0. The van der Waals surface area contributed by atoms with E-state index in [0.29, 0.717) is 11.9 Å². The zero-order valence-corrected chi connectivity index (χ0v) is 15.4. The van der Waals surface area contributed by atoms with E-state index in [1.807, 2.05) is 4.68 Å². The second-order valence-corrected chi connectivity index (χ2v) is 7.56. The maximum absolute atomic E-state index is 13.1. The van der Waals surface area contributed by atoms with Crippen molar-refractivity contribution in [1.82, 2.24) is 24.8 Å². The van der Waals surface area contributed by atoms with Crippen LogP contribution in [0.3, 0.4) is 0 Å². The topological polar surface area (TPSA) is 54.3 Å². The van der Waals surface area contributed by atoms with Crippen LogP contribution in [0.15, 0.2) is 36.5 Å². The highest BCUT2D eigenvalue weighted by molar-refractivity contribution is 5.79. The van der Waals surface area contributed by atoms with Gasteiger partial charge in [0.25, 0.3) is 0 Å². The van der Waals surface area contributed by atoms with Crippen LogP contribution in [0.1, 0.15) is 31.0 Å². The van der Waals surface area contributed by atoms with E-state index in [1.54, 1.807) is 6.20 Å². The molecular formula is C20H27N5O. The van der Waals surface area contributed by atoms with Crippen LogP contribution in [-0.4, -0.2) is 56.4 Å². The molecule has 1 fully saturated rings. The smallest absolute Gasteiger partial charge is 0.226 e. The molecule has 1 aromatic heterocycles. The second kappa shape index (κ2) is 7.58. The Bertz CT molecular complexity index is 744. The minimum Gasteiger partial charge on any atom is -0.341 e. The molecule has 1 aromatic carbocycles. The third-order valence-electron chi connectivity index (χ3n) is 5.83. The van der Waals surface area contributed by atoms with E-state index in [2.05, 4.69) is 57.4 Å². The molecule has 0 spiro atoms. The molecule has 6 nitrogen and oxygen atoms in total. The van der Waals surface area contributed by atoms with Crippen LogP contribution in [0.25, 0.3) is 0 Å². The molecular weight excluding hydrogens is 326 g/mol. The van der Waals surface area contributed by atoms with E-state index in [0.717, 1.165) is 57.7 Å². The molecule has 2 atom stereocenters. The van der Waals surface area contributed by atoms with E-state index in [4.69, 9.17) is 0 Å². The van der Waals surface area contributed by atoms with Gasteiger partial charge >= 0.3 is 0 Å². The first kappa shape index (κ1) is 17.2. The monoisotopic (exact) mass is 353 g/mol. The van der Waals surface area contributed by atoms with Gasteiger partial charge < -0.3 is 4.90 Å². The van der Waals surface area contributed by atoms with Crippen LogP contribution >= 0.6 is 0 Å². The molecule has 0 N–H and O–H groups in total. The molecule has 2 aliphatic heterocycles. The Balaban J connectivity index is 1.38. The van der Waals surface area contributed by atoms with Gasteiger partial charge in [0, 0.05) is 51.1 Å². The molecule has 1 saturated heterocycles. The molecule has 4 rings (SSSR count). The fraction of sp³-hybridized carbons (Fsp3) is 0.550. The van der Waals surface area contributed by atoms with Crippen molar-refractivity contribution in [3.63, 3.8) is 0 Å². The van der Waals surface area contributed by atoms with Crippen LogP contribution in [0.2, 0.25) is 0 Å². The Kier molecular flexibility index (Phi) is 5.02. The van der Waals surface area contributed by atoms with E-state index in [9.17, 15) is 4.79 Å². The minimum atomic E-state index is 0.0805. The van der Waals surface area contributed by atoms with Gasteiger partial charge in [-0.05, 0) is 25.3 Å². The van der Waals surface area contributed by atoms with Gasteiger partial charge in [-0.25, -0.2) is 4.68 Å². The lowest BCUT2D eigenvalue weighted by Crippen LogP contribution is -2.41. The molecule has 2 aromatic rings. The largest absolute Gasteiger partial charge is 0.341 e. The lowest BCUT2D eigenvalue weighted by atomic mass is 9.95. The fourth-order valence-electron chi connectivity index (χ4n) is 4.11. The maximum atomic E-state index is 13.1. The van der Waals surface area contributed by atoms with E-state index >= 15 is 0 Å². The summed E-state index contributed by atoms with van der Waals surface area (Å²) < 4.78 is 1.93. The Morgan fingerprint density at radius 3 is 2.81 bits per heavy atom. The summed E-state index contributed by atoms with van der Waals surface area (Å²) in [5.74, 6) is 0.392. The molecule has 0 saturated carbocycles. The first-order valence-electron chi connectivity index (χ1n) is 9.65. The molecule has 3 heterocycles. The van der Waals surface area contributed by atoms with Gasteiger partial charge in [-0.1, -0.05) is 35.5 Å². The van der Waals surface area contributed by atoms with Gasteiger partial charge in [0.15, 0.2) is 0 Å². The van der Waals surface area contributed by atoms with Crippen LogP contribution in [0.5, 0.6) is 0 Å². The summed E-state index contributed by atoms with van der Waals surface area (Å²) in [6, 6.07) is 11.1. The quantitative estimate of drug-likeness (QED) is 0.846. The molecule has 0 bridgehead atoms. The second-order valence-electron chi connectivity index (χ2n) is 7.56. The Labute approximate surface area is 154 Å². The molecule has 2 aliphatic rings. The SMILES string of the molecule is CC1CCN(C(=O)C2CCn3nncc3C2)CCN1Cc1ccccc1. The van der Waals surface area contributed by atoms with Crippen molar-refractivity contribution in [2.75, 3.05) is 19.6 Å². The Morgan fingerprint density at radius 1 is 1.12 bits per heavy atom. The number of hydrogen-bond acceptors (Lipinski definition) is 4. The van der Waals surface area contributed by atoms with Crippen molar-refractivity contribution in [3.05, 3.63) is 47.8 Å². The predicted octanol–water partition coefficient (Wildman–Crippen LogP) is 1.96. The fourth-order valence-corrected chi connectivity index (χ4v) is 4.11. The first-order chi connectivity index (χ1) is 12.7. The third-order valence-corrected chi connectivity index (χ3v) is 5.83. The van der Waals surface area contributed by atoms with Gasteiger partial charge in [0.2, 0.25) is 5.91 Å². The van der Waals surface area contributed by atoms with Gasteiger partial charge in [-0.3, -0.25) is 9.69 Å². The van der Waals surface area contributed by atoms with E-state index in [-0.39, 0.29) is 5.92 Å². The predicted molar refractivity (Wildman–Crippen MR) is 99.3 cm³/mol. The van der Waals surface area contributed by atoms with E-state index < -0.39 is 0 Å². The van der Waals surface area contributed by atoms with E-state index in [1.165, 1.54) is 5.56 Å². The summed E-state index contributed by atoms with van der Waals surface area (Å²) in [6.45, 7) is 6.66. The lowest BCUT2D eigenvalue weighted by molar-refractivity contribution is -0.136. The zero-order valence-electron chi connectivity index (χ0n) is 15.4. The number of fused-ring (bicyclic) bond motifs is 1. The van der Waals surface area contributed by atoms with Gasteiger partial charge in [0.1, 0.15) is 0 Å². The average molecular weight is 353 g/mol. The Morgan fingerprint density at radius 2 is 1.96 bits per heavy atom. The first-order valence-corrected chi connectivity index (χ1v) is 9.65. The summed E-state index contributed by atoms with van der Waals surface area (Å²) in [4.78, 5) is 17.7. The van der Waals surface area contributed by atoms with Crippen molar-refractivity contribution in [3.8, 4) is 0 Å². The lowest BCUT2D eigenvalue weighted by Gasteiger charge is -2.29. The maximum Gasteiger partial charge on any atom is 0.226 e. The number of aromatic nitrogens is 3. The summed E-state index contributed by atoms with van der Waals surface area (Å²) >= 11 is 0. The normalized spacial score (nSPS) is 24.1. The van der Waals surface area contributed by atoms with Gasteiger partial charge in [-0.2, -0.15) is 0 Å². The summed E-state index contributed by atoms with van der Waals surface area (Å²) in [5, 5.41) is 8.04. The van der Waals surface area contributed by atoms with Crippen molar-refractivity contribution < 1.29 is 4.79 Å². The number of aryl methyl sites for hydroxylation is 1. The molecule has 138 valence electrons. The molecule has 1 amide bonds. The average Bonchev–Trinajstić information content (AvgIpc) is 3.07. The number of hydrogen-bond donors (Lipinski definition) is 0. The summed E-state index contributed by atoms with van der Waals surface area (Å²) in [5.41, 5.74) is 2.43. The highest BCUT2D eigenvalue weighted by Gasteiger charge is 2.31. The minimum absolute atomic E-state index is 0.0805. The van der Waals surface area contributed by atoms with Gasteiger partial charge in [0.05, 0.1) is 11.9 Å². The van der Waals surface area contributed by atoms with Crippen molar-refractivity contribution in [1.29, 1.82) is 0 Å². The number of rotatable bonds is 3. The van der Waals surface area contributed by atoms with Crippen LogP contribution < -0.4 is 0 Å². The van der Waals surface area contributed by atoms with Crippen LogP contribution in [0, 0.1) is 5.92 Å². The van der Waals surface area contributed by atoms with Gasteiger partial charge in [-0.15, -0.1) is 5.10 Å². The van der Waals surface area contributed by atoms with Crippen LogP contribution in [0.4, 0.5) is 0 Å². The number of amides is 1. The highest BCUT2D eigenvalue weighted by Crippen LogP contribution is 2.23. The van der Waals surface area contributed by atoms with Crippen molar-refractivity contribution >= 4 is 5.91 Å². The number of benzene rings is 1. The molecule has 0 radical (unpaired) electrons. The standard InChI is InChI=1S/C20H27N5O/c1-16-7-9-23(11-12-24(16)15-17-5-3-2-4-6-17)20(26)18-8-10-25-19(13-18)14-21-22-25/h2-6,14,16,18H,7-13,15H2,1H3. The number of nitrogens with zero attached hydrogens (tertiary/aromatic N) is 5. The Hall–Kier alpha value is -2.21. The molecule has 0 aliphatic carbocycles. The summed E-state index contributed by atoms with van der Waals surface area (Å²) in [6.07, 6.45) is 4.47. The number of carbonyl (C=O) groups excluding carboxylic acids is 1. The van der Waals surface area contributed by atoms with Crippen molar-refractivity contribution in [2.24, 2.45) is 5.92 Å². The van der Waals surface area contributed by atoms with Crippen molar-refractivity contribution in [2.45, 2.75) is 45.3 Å². The molecule has 6 heteroatoms. The van der Waals surface area contributed by atoms with Crippen LogP contribution in [-0.2, 0) is 24.3 Å². The zero-order chi connectivity index (χ0) is 17.9. The molecule has 26 heavy (non-hydrogen) atoms. The number of carbonyl (C=O) groups is 1. The third kappa shape index (κ3) is 3.65.